The van der Waals surface area contributed by atoms with Crippen molar-refractivity contribution < 1.29 is 4.79 Å². The van der Waals surface area contributed by atoms with E-state index in [2.05, 4.69) is 40.4 Å². The molecule has 4 aromatic rings. The highest BCUT2D eigenvalue weighted by Crippen LogP contribution is 2.44. The lowest BCUT2D eigenvalue weighted by atomic mass is 9.95. The topological polar surface area (TPSA) is 98.7 Å². The van der Waals surface area contributed by atoms with Gasteiger partial charge in [0.05, 0.1) is 27.6 Å². The summed E-state index contributed by atoms with van der Waals surface area (Å²) in [5.41, 5.74) is 15.2. The monoisotopic (exact) mass is 444 g/mol. The van der Waals surface area contributed by atoms with Crippen LogP contribution in [0.4, 0.5) is 5.13 Å². The average Bonchev–Trinajstić information content (AvgIpc) is 3.34. The lowest BCUT2D eigenvalue weighted by Crippen LogP contribution is -2.08. The molecule has 0 spiro atoms. The third-order valence-corrected chi connectivity index (χ3v) is 6.72. The first-order chi connectivity index (χ1) is 15.4. The Hall–Kier alpha value is -3.36. The second-order valence-electron chi connectivity index (χ2n) is 8.08. The van der Waals surface area contributed by atoms with Crippen molar-refractivity contribution in [1.29, 1.82) is 0 Å². The number of nitrogens with one attached hydrogen (secondary N) is 1. The molecule has 8 heteroatoms. The van der Waals surface area contributed by atoms with Crippen LogP contribution < -0.4 is 11.1 Å². The van der Waals surface area contributed by atoms with Gasteiger partial charge in [0.25, 0.3) is 0 Å². The van der Waals surface area contributed by atoms with Crippen molar-refractivity contribution in [2.24, 2.45) is 5.73 Å². The molecule has 1 amide bonds. The molecule has 1 aliphatic carbocycles. The van der Waals surface area contributed by atoms with E-state index in [4.69, 9.17) is 10.8 Å². The highest BCUT2D eigenvalue weighted by molar-refractivity contribution is 7.19. The molecule has 3 N–H and O–H groups in total. The Balaban J connectivity index is 1.74. The van der Waals surface area contributed by atoms with Crippen molar-refractivity contribution in [2.45, 2.75) is 40.2 Å². The number of nitrogens with zero attached hydrogens (tertiary/aromatic N) is 4. The maximum atomic E-state index is 11.6. The van der Waals surface area contributed by atoms with Gasteiger partial charge in [-0.05, 0) is 56.0 Å². The minimum Gasteiger partial charge on any atom is -0.326 e. The van der Waals surface area contributed by atoms with Crippen molar-refractivity contribution in [3.63, 3.8) is 0 Å². The fourth-order valence-electron chi connectivity index (χ4n) is 4.17. The van der Waals surface area contributed by atoms with Crippen LogP contribution in [-0.4, -0.2) is 25.7 Å². The van der Waals surface area contributed by atoms with E-state index in [1.54, 1.807) is 0 Å². The molecule has 162 valence electrons. The summed E-state index contributed by atoms with van der Waals surface area (Å²) in [6.45, 7) is 6.06. The van der Waals surface area contributed by atoms with Crippen LogP contribution in [0.3, 0.4) is 0 Å². The number of aromatic nitrogens is 4. The smallest absolute Gasteiger partial charge is 0.223 e. The van der Waals surface area contributed by atoms with Crippen molar-refractivity contribution >= 4 is 22.4 Å². The summed E-state index contributed by atoms with van der Waals surface area (Å²) in [5.74, 6) is -0.121. The molecule has 1 aliphatic rings. The molecule has 32 heavy (non-hydrogen) atoms. The second kappa shape index (κ2) is 7.96. The van der Waals surface area contributed by atoms with Gasteiger partial charge in [-0.2, -0.15) is 5.10 Å². The number of carbonyl (C=O) groups is 1. The summed E-state index contributed by atoms with van der Waals surface area (Å²) in [4.78, 5) is 21.8. The number of anilines is 1. The molecule has 0 saturated carbocycles. The van der Waals surface area contributed by atoms with Gasteiger partial charge in [-0.3, -0.25) is 9.78 Å². The molecule has 1 aromatic carbocycles. The number of aryl methyl sites for hydroxylation is 3. The van der Waals surface area contributed by atoms with Crippen molar-refractivity contribution in [3.8, 4) is 27.5 Å². The van der Waals surface area contributed by atoms with Gasteiger partial charge >= 0.3 is 0 Å². The first kappa shape index (κ1) is 20.5. The molecular formula is C24H24N6OS. The van der Waals surface area contributed by atoms with E-state index in [1.165, 1.54) is 23.8 Å². The van der Waals surface area contributed by atoms with E-state index in [9.17, 15) is 4.79 Å². The Kier molecular flexibility index (Phi) is 5.11. The number of rotatable bonds is 4. The summed E-state index contributed by atoms with van der Waals surface area (Å²) in [6.07, 6.45) is 3.52. The van der Waals surface area contributed by atoms with E-state index in [0.717, 1.165) is 62.9 Å². The number of pyridine rings is 1. The van der Waals surface area contributed by atoms with E-state index >= 15 is 0 Å². The number of thiazole rings is 1. The Bertz CT molecular complexity index is 1340. The zero-order valence-corrected chi connectivity index (χ0v) is 19.1. The maximum absolute atomic E-state index is 11.6. The number of hydrogen-bond acceptors (Lipinski definition) is 6. The summed E-state index contributed by atoms with van der Waals surface area (Å²) < 4.78 is 2.02. The summed E-state index contributed by atoms with van der Waals surface area (Å²) in [5, 5.41) is 8.54. The van der Waals surface area contributed by atoms with Crippen LogP contribution in [0.15, 0.2) is 36.5 Å². The van der Waals surface area contributed by atoms with E-state index < -0.39 is 0 Å². The molecule has 0 bridgehead atoms. The summed E-state index contributed by atoms with van der Waals surface area (Å²) in [6, 6.07) is 10.3. The Morgan fingerprint density at radius 3 is 2.75 bits per heavy atom. The van der Waals surface area contributed by atoms with E-state index in [1.807, 2.05) is 29.9 Å². The summed E-state index contributed by atoms with van der Waals surface area (Å²) in [7, 11) is 0. The Labute approximate surface area is 190 Å². The van der Waals surface area contributed by atoms with Crippen LogP contribution in [0.25, 0.3) is 27.5 Å². The van der Waals surface area contributed by atoms with Crippen LogP contribution in [0.1, 0.15) is 35.0 Å². The van der Waals surface area contributed by atoms with Gasteiger partial charge in [0, 0.05) is 36.5 Å². The van der Waals surface area contributed by atoms with Gasteiger partial charge in [0.1, 0.15) is 0 Å². The molecule has 0 saturated heterocycles. The lowest BCUT2D eigenvalue weighted by molar-refractivity contribution is -0.114. The fourth-order valence-corrected chi connectivity index (χ4v) is 5.29. The highest BCUT2D eigenvalue weighted by atomic mass is 32.1. The standard InChI is InChI=1S/C24H24N6OS/c1-13-10-16(11-25)5-9-20(13)30-22-18(21(29-30)17-6-4-14(2)26-12-17)7-8-19-23(22)32-24(28-19)27-15(3)31/h4-6,9-10,12H,7-8,11,25H2,1-3H3,(H,27,28,31). The van der Waals surface area contributed by atoms with Crippen LogP contribution in [-0.2, 0) is 24.2 Å². The zero-order valence-electron chi connectivity index (χ0n) is 18.3. The van der Waals surface area contributed by atoms with Crippen LogP contribution in [0.5, 0.6) is 0 Å². The van der Waals surface area contributed by atoms with Crippen molar-refractivity contribution in [1.82, 2.24) is 19.7 Å². The fraction of sp³-hybridized carbons (Fsp3) is 0.250. The van der Waals surface area contributed by atoms with Gasteiger partial charge in [-0.1, -0.05) is 23.5 Å². The molecule has 0 radical (unpaired) electrons. The van der Waals surface area contributed by atoms with Crippen LogP contribution in [0, 0.1) is 13.8 Å². The molecule has 3 aromatic heterocycles. The molecule has 0 fully saturated rings. The molecule has 0 aliphatic heterocycles. The molecule has 0 atom stereocenters. The Morgan fingerprint density at radius 2 is 2.06 bits per heavy atom. The normalized spacial score (nSPS) is 12.4. The quantitative estimate of drug-likeness (QED) is 0.492. The third-order valence-electron chi connectivity index (χ3n) is 5.70. The number of carbonyl (C=O) groups excluding carboxylic acids is 1. The van der Waals surface area contributed by atoms with E-state index in [-0.39, 0.29) is 5.91 Å². The van der Waals surface area contributed by atoms with Crippen molar-refractivity contribution in [3.05, 3.63) is 64.6 Å². The largest absolute Gasteiger partial charge is 0.326 e. The van der Waals surface area contributed by atoms with Crippen LogP contribution in [0.2, 0.25) is 0 Å². The SMILES string of the molecule is CC(=O)Nc1nc2c(s1)-c1c(c(-c3ccc(C)nc3)nn1-c1ccc(CN)cc1C)CC2. The van der Waals surface area contributed by atoms with Gasteiger partial charge < -0.3 is 11.1 Å². The first-order valence-electron chi connectivity index (χ1n) is 10.6. The number of benzene rings is 1. The molecule has 5 rings (SSSR count). The number of nitrogens with two attached hydrogens (primary N) is 1. The summed E-state index contributed by atoms with van der Waals surface area (Å²) >= 11 is 1.50. The van der Waals surface area contributed by atoms with E-state index in [0.29, 0.717) is 11.7 Å². The van der Waals surface area contributed by atoms with Gasteiger partial charge in [-0.15, -0.1) is 0 Å². The second-order valence-corrected chi connectivity index (χ2v) is 9.08. The lowest BCUT2D eigenvalue weighted by Gasteiger charge is -2.15. The average molecular weight is 445 g/mol. The first-order valence-corrected chi connectivity index (χ1v) is 11.4. The Morgan fingerprint density at radius 1 is 1.22 bits per heavy atom. The minimum atomic E-state index is -0.121. The number of amides is 1. The van der Waals surface area contributed by atoms with Crippen LogP contribution >= 0.6 is 11.3 Å². The van der Waals surface area contributed by atoms with Gasteiger partial charge in [0.2, 0.25) is 5.91 Å². The van der Waals surface area contributed by atoms with Gasteiger partial charge in [-0.25, -0.2) is 9.67 Å². The molecule has 3 heterocycles. The molecular weight excluding hydrogens is 420 g/mol. The zero-order chi connectivity index (χ0) is 22.4. The third kappa shape index (κ3) is 3.51. The minimum absolute atomic E-state index is 0.121. The molecule has 0 unspecified atom stereocenters. The highest BCUT2D eigenvalue weighted by Gasteiger charge is 2.30. The van der Waals surface area contributed by atoms with Gasteiger partial charge in [0.15, 0.2) is 5.13 Å². The predicted octanol–water partition coefficient (Wildman–Crippen LogP) is 4.19. The maximum Gasteiger partial charge on any atom is 0.223 e. The number of fused-ring (bicyclic) bond motifs is 3. The van der Waals surface area contributed by atoms with Crippen molar-refractivity contribution in [2.75, 3.05) is 5.32 Å². The molecule has 7 nitrogen and oxygen atoms in total. The number of hydrogen-bond donors (Lipinski definition) is 2. The predicted molar refractivity (Wildman–Crippen MR) is 127 cm³/mol.